The van der Waals surface area contributed by atoms with Crippen LogP contribution in [-0.2, 0) is 10.3 Å². The van der Waals surface area contributed by atoms with Gasteiger partial charge < -0.3 is 14.6 Å². The fourth-order valence-corrected chi connectivity index (χ4v) is 2.92. The first kappa shape index (κ1) is 14.4. The van der Waals surface area contributed by atoms with E-state index in [2.05, 4.69) is 6.92 Å². The molecule has 3 nitrogen and oxygen atoms in total. The first-order chi connectivity index (χ1) is 9.18. The zero-order valence-corrected chi connectivity index (χ0v) is 11.9. The predicted molar refractivity (Wildman–Crippen MR) is 75.3 cm³/mol. The van der Waals surface area contributed by atoms with E-state index >= 15 is 0 Å². The molecule has 1 aliphatic rings. The van der Waals surface area contributed by atoms with Crippen molar-refractivity contribution in [3.05, 3.63) is 29.8 Å². The average molecular weight is 264 g/mol. The van der Waals surface area contributed by atoms with E-state index in [-0.39, 0.29) is 5.92 Å². The summed E-state index contributed by atoms with van der Waals surface area (Å²) in [5.41, 5.74) is 0.181. The van der Waals surface area contributed by atoms with Crippen LogP contribution in [0.15, 0.2) is 24.3 Å². The molecular formula is C16H24O3. The first-order valence-corrected chi connectivity index (χ1v) is 7.12. The van der Waals surface area contributed by atoms with Gasteiger partial charge in [0, 0.05) is 12.7 Å². The van der Waals surface area contributed by atoms with Gasteiger partial charge in [-0.05, 0) is 24.8 Å². The van der Waals surface area contributed by atoms with Gasteiger partial charge in [0.1, 0.15) is 12.4 Å². The van der Waals surface area contributed by atoms with Crippen LogP contribution in [-0.4, -0.2) is 25.4 Å². The molecule has 1 aliphatic carbocycles. The lowest BCUT2D eigenvalue weighted by atomic mass is 9.72. The van der Waals surface area contributed by atoms with Gasteiger partial charge in [-0.15, -0.1) is 0 Å². The number of methoxy groups -OCH3 is 1. The highest BCUT2D eigenvalue weighted by molar-refractivity contribution is 5.38. The molecule has 0 radical (unpaired) electrons. The lowest BCUT2D eigenvalue weighted by Crippen LogP contribution is -2.36. The van der Waals surface area contributed by atoms with Gasteiger partial charge in [0.2, 0.25) is 0 Å². The fraction of sp³-hybridized carbons (Fsp3) is 0.625. The quantitative estimate of drug-likeness (QED) is 0.830. The first-order valence-electron chi connectivity index (χ1n) is 7.12. The fourth-order valence-electron chi connectivity index (χ4n) is 2.92. The standard InChI is InChI=1S/C16H24O3/c1-13-7-5-6-10-16(13,17)14-8-3-4-9-15(14)19-12-11-18-2/h3-4,8-9,13,17H,5-7,10-12H2,1-2H3. The number of ether oxygens (including phenoxy) is 2. The highest BCUT2D eigenvalue weighted by Crippen LogP contribution is 2.44. The Bertz CT molecular complexity index is 405. The summed E-state index contributed by atoms with van der Waals surface area (Å²) in [7, 11) is 1.66. The van der Waals surface area contributed by atoms with E-state index in [9.17, 15) is 5.11 Å². The smallest absolute Gasteiger partial charge is 0.125 e. The van der Waals surface area contributed by atoms with Gasteiger partial charge in [-0.25, -0.2) is 0 Å². The second-order valence-electron chi connectivity index (χ2n) is 5.41. The Morgan fingerprint density at radius 2 is 2.05 bits per heavy atom. The van der Waals surface area contributed by atoms with Crippen molar-refractivity contribution in [3.8, 4) is 5.75 Å². The Hall–Kier alpha value is -1.06. The highest BCUT2D eigenvalue weighted by Gasteiger charge is 2.39. The second-order valence-corrected chi connectivity index (χ2v) is 5.41. The normalized spacial score (nSPS) is 27.2. The summed E-state index contributed by atoms with van der Waals surface area (Å²) in [6, 6.07) is 7.84. The molecule has 0 amide bonds. The van der Waals surface area contributed by atoms with Gasteiger partial charge in [-0.1, -0.05) is 38.0 Å². The van der Waals surface area contributed by atoms with E-state index in [1.807, 2.05) is 24.3 Å². The predicted octanol–water partition coefficient (Wildman–Crippen LogP) is 3.11. The molecule has 2 rings (SSSR count). The van der Waals surface area contributed by atoms with Crippen molar-refractivity contribution in [2.45, 2.75) is 38.2 Å². The minimum atomic E-state index is -0.748. The summed E-state index contributed by atoms with van der Waals surface area (Å²) in [6.45, 7) is 3.20. The number of para-hydroxylation sites is 1. The van der Waals surface area contributed by atoms with Crippen molar-refractivity contribution >= 4 is 0 Å². The maximum absolute atomic E-state index is 11.0. The van der Waals surface area contributed by atoms with E-state index in [1.165, 1.54) is 6.42 Å². The van der Waals surface area contributed by atoms with Crippen LogP contribution in [0.5, 0.6) is 5.75 Å². The third kappa shape index (κ3) is 3.10. The summed E-state index contributed by atoms with van der Waals surface area (Å²) in [5, 5.41) is 11.0. The van der Waals surface area contributed by atoms with Crippen LogP contribution >= 0.6 is 0 Å². The molecule has 1 fully saturated rings. The van der Waals surface area contributed by atoms with Crippen LogP contribution in [0.2, 0.25) is 0 Å². The van der Waals surface area contributed by atoms with Crippen LogP contribution in [0, 0.1) is 5.92 Å². The molecule has 0 saturated heterocycles. The molecule has 2 unspecified atom stereocenters. The molecule has 0 aromatic heterocycles. The largest absolute Gasteiger partial charge is 0.491 e. The molecule has 106 valence electrons. The third-order valence-corrected chi connectivity index (χ3v) is 4.16. The maximum Gasteiger partial charge on any atom is 0.125 e. The summed E-state index contributed by atoms with van der Waals surface area (Å²) < 4.78 is 10.8. The minimum Gasteiger partial charge on any atom is -0.491 e. The monoisotopic (exact) mass is 264 g/mol. The molecule has 3 heteroatoms. The van der Waals surface area contributed by atoms with Crippen molar-refractivity contribution < 1.29 is 14.6 Å². The topological polar surface area (TPSA) is 38.7 Å². The SMILES string of the molecule is COCCOc1ccccc1C1(O)CCCCC1C. The molecule has 1 aromatic carbocycles. The van der Waals surface area contributed by atoms with Crippen molar-refractivity contribution in [1.82, 2.24) is 0 Å². The van der Waals surface area contributed by atoms with E-state index in [1.54, 1.807) is 7.11 Å². The zero-order valence-electron chi connectivity index (χ0n) is 11.9. The maximum atomic E-state index is 11.0. The van der Waals surface area contributed by atoms with Crippen LogP contribution in [0.3, 0.4) is 0 Å². The van der Waals surface area contributed by atoms with Crippen molar-refractivity contribution in [3.63, 3.8) is 0 Å². The van der Waals surface area contributed by atoms with E-state index in [0.717, 1.165) is 30.6 Å². The lowest BCUT2D eigenvalue weighted by molar-refractivity contribution is -0.0490. The van der Waals surface area contributed by atoms with Crippen LogP contribution in [0.1, 0.15) is 38.2 Å². The molecule has 1 N–H and O–H groups in total. The molecular weight excluding hydrogens is 240 g/mol. The molecule has 1 saturated carbocycles. The van der Waals surface area contributed by atoms with E-state index < -0.39 is 5.60 Å². The Morgan fingerprint density at radius 1 is 1.26 bits per heavy atom. The third-order valence-electron chi connectivity index (χ3n) is 4.16. The van der Waals surface area contributed by atoms with Crippen molar-refractivity contribution in [2.75, 3.05) is 20.3 Å². The summed E-state index contributed by atoms with van der Waals surface area (Å²) in [5.74, 6) is 1.06. The Morgan fingerprint density at radius 3 is 2.79 bits per heavy atom. The average Bonchev–Trinajstić information content (AvgIpc) is 2.43. The molecule has 0 heterocycles. The molecule has 19 heavy (non-hydrogen) atoms. The summed E-state index contributed by atoms with van der Waals surface area (Å²) in [4.78, 5) is 0. The Kier molecular flexibility index (Phi) is 4.83. The molecule has 0 bridgehead atoms. The van der Waals surface area contributed by atoms with E-state index in [0.29, 0.717) is 13.2 Å². The van der Waals surface area contributed by atoms with Crippen LogP contribution in [0.25, 0.3) is 0 Å². The lowest BCUT2D eigenvalue weighted by Gasteiger charge is -2.39. The van der Waals surface area contributed by atoms with Gasteiger partial charge in [-0.2, -0.15) is 0 Å². The number of aliphatic hydroxyl groups is 1. The van der Waals surface area contributed by atoms with E-state index in [4.69, 9.17) is 9.47 Å². The minimum absolute atomic E-state index is 0.272. The highest BCUT2D eigenvalue weighted by atomic mass is 16.5. The van der Waals surface area contributed by atoms with Gasteiger partial charge in [0.25, 0.3) is 0 Å². The number of rotatable bonds is 5. The number of benzene rings is 1. The summed E-state index contributed by atoms with van der Waals surface area (Å²) in [6.07, 6.45) is 4.17. The Balaban J connectivity index is 2.22. The van der Waals surface area contributed by atoms with Gasteiger partial charge in [0.15, 0.2) is 0 Å². The molecule has 2 atom stereocenters. The number of hydrogen-bond acceptors (Lipinski definition) is 3. The molecule has 0 aliphatic heterocycles. The second kappa shape index (κ2) is 6.40. The molecule has 0 spiro atoms. The Labute approximate surface area is 115 Å². The van der Waals surface area contributed by atoms with Crippen molar-refractivity contribution in [2.24, 2.45) is 5.92 Å². The van der Waals surface area contributed by atoms with Crippen LogP contribution in [0.4, 0.5) is 0 Å². The summed E-state index contributed by atoms with van der Waals surface area (Å²) >= 11 is 0. The van der Waals surface area contributed by atoms with Gasteiger partial charge in [0.05, 0.1) is 12.2 Å². The van der Waals surface area contributed by atoms with Gasteiger partial charge in [-0.3, -0.25) is 0 Å². The van der Waals surface area contributed by atoms with Gasteiger partial charge >= 0.3 is 0 Å². The zero-order chi connectivity index (χ0) is 13.7. The number of hydrogen-bond donors (Lipinski definition) is 1. The van der Waals surface area contributed by atoms with Crippen LogP contribution < -0.4 is 4.74 Å². The van der Waals surface area contributed by atoms with Crippen molar-refractivity contribution in [1.29, 1.82) is 0 Å². The molecule has 1 aromatic rings.